The van der Waals surface area contributed by atoms with E-state index in [1.165, 1.54) is 6.07 Å². The number of benzene rings is 1. The molecule has 0 radical (unpaired) electrons. The molecule has 0 bridgehead atoms. The number of primary amides is 1. The van der Waals surface area contributed by atoms with Crippen molar-refractivity contribution in [3.05, 3.63) is 40.5 Å². The molecule has 4 N–H and O–H groups in total. The summed E-state index contributed by atoms with van der Waals surface area (Å²) in [5.74, 6) is -0.891. The number of anilines is 1. The van der Waals surface area contributed by atoms with Gasteiger partial charge in [0.15, 0.2) is 5.78 Å². The van der Waals surface area contributed by atoms with Crippen LogP contribution in [0.25, 0.3) is 5.69 Å². The van der Waals surface area contributed by atoms with Crippen molar-refractivity contribution >= 4 is 17.4 Å². The van der Waals surface area contributed by atoms with Gasteiger partial charge in [0, 0.05) is 18.5 Å². The third-order valence-electron chi connectivity index (χ3n) is 7.42. The predicted octanol–water partition coefficient (Wildman–Crippen LogP) is 3.93. The molecule has 2 fully saturated rings. The minimum absolute atomic E-state index is 0.00799. The minimum Gasteiger partial charge on any atom is -0.393 e. The summed E-state index contributed by atoms with van der Waals surface area (Å²) in [6.07, 6.45) is 6.61. The fraction of sp³-hybridized carbons (Fsp3) is 0.577. The molecule has 34 heavy (non-hydrogen) atoms. The highest BCUT2D eigenvalue weighted by molar-refractivity contribution is 6.00. The Balaban J connectivity index is 1.59. The lowest BCUT2D eigenvalue weighted by molar-refractivity contribution is 0.0909. The number of aliphatic hydroxyl groups is 1. The number of hydrogen-bond donors (Lipinski definition) is 3. The molecule has 1 amide bonds. The number of nitrogens with zero attached hydrogens (tertiary/aromatic N) is 2. The average Bonchev–Trinajstić information content (AvgIpc) is 3.48. The average molecular weight is 469 g/mol. The number of aromatic nitrogens is 2. The van der Waals surface area contributed by atoms with Crippen LogP contribution in [0.15, 0.2) is 12.1 Å². The Morgan fingerprint density at radius 1 is 1.21 bits per heavy atom. The van der Waals surface area contributed by atoms with Crippen LogP contribution < -0.4 is 11.1 Å². The van der Waals surface area contributed by atoms with Crippen LogP contribution in [0, 0.1) is 17.2 Å². The fourth-order valence-corrected chi connectivity index (χ4v) is 5.50. The zero-order valence-electron chi connectivity index (χ0n) is 19.9. The van der Waals surface area contributed by atoms with Gasteiger partial charge in [0.25, 0.3) is 5.91 Å². The molecular formula is C26H33FN4O3. The van der Waals surface area contributed by atoms with Crippen molar-refractivity contribution in [1.29, 1.82) is 0 Å². The first-order valence-electron chi connectivity index (χ1n) is 12.3. The molecule has 3 aliphatic carbocycles. The van der Waals surface area contributed by atoms with Gasteiger partial charge in [0.1, 0.15) is 5.82 Å². The number of rotatable bonds is 6. The molecule has 0 saturated heterocycles. The number of hydrogen-bond acceptors (Lipinski definition) is 5. The van der Waals surface area contributed by atoms with E-state index < -0.39 is 11.7 Å². The van der Waals surface area contributed by atoms with Gasteiger partial charge in [0.05, 0.1) is 40.0 Å². The molecule has 5 rings (SSSR count). The van der Waals surface area contributed by atoms with Crippen LogP contribution in [0.3, 0.4) is 0 Å². The standard InChI is InChI=1S/C26H33FN4O3/c1-26(2)12-21-24(22(33)13-26)20(9-14-3-4-14)30-31(21)16-10-18(27)23(25(28)34)19(11-16)29-15-5-7-17(32)8-6-15/h10-11,14-15,17,29,32H,3-9,12-13H2,1-2H3,(H2,28,34)/t15-,17-. The number of carbonyl (C=O) groups excluding carboxylic acids is 2. The van der Waals surface area contributed by atoms with E-state index >= 15 is 4.39 Å². The van der Waals surface area contributed by atoms with E-state index in [2.05, 4.69) is 19.2 Å². The van der Waals surface area contributed by atoms with Gasteiger partial charge in [-0.2, -0.15) is 5.10 Å². The highest BCUT2D eigenvalue weighted by Crippen LogP contribution is 2.40. The summed E-state index contributed by atoms with van der Waals surface area (Å²) in [5.41, 5.74) is 8.26. The van der Waals surface area contributed by atoms with Crippen molar-refractivity contribution in [1.82, 2.24) is 9.78 Å². The molecule has 8 heteroatoms. The molecule has 182 valence electrons. The summed E-state index contributed by atoms with van der Waals surface area (Å²) < 4.78 is 17.0. The van der Waals surface area contributed by atoms with Crippen LogP contribution in [0.4, 0.5) is 10.1 Å². The lowest BCUT2D eigenvalue weighted by atomic mass is 9.75. The van der Waals surface area contributed by atoms with E-state index in [1.54, 1.807) is 10.7 Å². The first-order chi connectivity index (χ1) is 16.1. The first-order valence-corrected chi connectivity index (χ1v) is 12.3. The molecule has 0 atom stereocenters. The van der Waals surface area contributed by atoms with E-state index in [0.29, 0.717) is 48.5 Å². The van der Waals surface area contributed by atoms with Gasteiger partial charge in [-0.05, 0) is 68.8 Å². The molecular weight excluding hydrogens is 435 g/mol. The van der Waals surface area contributed by atoms with Gasteiger partial charge in [0.2, 0.25) is 0 Å². The molecule has 0 aliphatic heterocycles. The van der Waals surface area contributed by atoms with Crippen LogP contribution in [0.1, 0.15) is 90.9 Å². The second-order valence-corrected chi connectivity index (χ2v) is 11.1. The second-order valence-electron chi connectivity index (χ2n) is 11.1. The summed E-state index contributed by atoms with van der Waals surface area (Å²) in [6, 6.07) is 3.01. The Bertz CT molecular complexity index is 1140. The number of amides is 1. The van der Waals surface area contributed by atoms with Crippen molar-refractivity contribution in [3.8, 4) is 5.69 Å². The Labute approximate surface area is 198 Å². The van der Waals surface area contributed by atoms with Crippen molar-refractivity contribution in [3.63, 3.8) is 0 Å². The largest absolute Gasteiger partial charge is 0.393 e. The minimum atomic E-state index is -0.837. The molecule has 2 aromatic rings. The van der Waals surface area contributed by atoms with Gasteiger partial charge >= 0.3 is 0 Å². The quantitative estimate of drug-likeness (QED) is 0.595. The smallest absolute Gasteiger partial charge is 0.253 e. The highest BCUT2D eigenvalue weighted by atomic mass is 19.1. The van der Waals surface area contributed by atoms with Crippen molar-refractivity contribution < 1.29 is 19.1 Å². The van der Waals surface area contributed by atoms with Crippen LogP contribution in [0.5, 0.6) is 0 Å². The van der Waals surface area contributed by atoms with Crippen LogP contribution in [-0.2, 0) is 12.8 Å². The molecule has 2 saturated carbocycles. The summed E-state index contributed by atoms with van der Waals surface area (Å²) in [5, 5.41) is 17.9. The van der Waals surface area contributed by atoms with Gasteiger partial charge in [-0.25, -0.2) is 9.07 Å². The molecule has 1 aromatic heterocycles. The number of fused-ring (bicyclic) bond motifs is 1. The highest BCUT2D eigenvalue weighted by Gasteiger charge is 2.38. The summed E-state index contributed by atoms with van der Waals surface area (Å²) in [6.45, 7) is 4.12. The zero-order chi connectivity index (χ0) is 24.2. The Morgan fingerprint density at radius 2 is 1.91 bits per heavy atom. The third-order valence-corrected chi connectivity index (χ3v) is 7.42. The lowest BCUT2D eigenvalue weighted by Crippen LogP contribution is -2.30. The SMILES string of the molecule is CC1(C)CC(=O)c2c(CC3CC3)nn(-c3cc(F)c(C(N)=O)c(N[C@H]4CC[C@H](O)CC4)c3)c2C1. The zero-order valence-corrected chi connectivity index (χ0v) is 19.9. The third kappa shape index (κ3) is 4.48. The topological polar surface area (TPSA) is 110 Å². The second kappa shape index (κ2) is 8.48. The fourth-order valence-electron chi connectivity index (χ4n) is 5.50. The maximum absolute atomic E-state index is 15.3. The molecule has 3 aliphatic rings. The maximum atomic E-state index is 15.3. The van der Waals surface area contributed by atoms with Gasteiger partial charge in [-0.1, -0.05) is 13.8 Å². The number of nitrogens with two attached hydrogens (primary N) is 1. The van der Waals surface area contributed by atoms with Crippen molar-refractivity contribution in [2.75, 3.05) is 5.32 Å². The lowest BCUT2D eigenvalue weighted by Gasteiger charge is -2.29. The van der Waals surface area contributed by atoms with E-state index in [-0.39, 0.29) is 28.9 Å². The number of halogens is 1. The van der Waals surface area contributed by atoms with Crippen LogP contribution in [0.2, 0.25) is 0 Å². The van der Waals surface area contributed by atoms with E-state index in [9.17, 15) is 14.7 Å². The summed E-state index contributed by atoms with van der Waals surface area (Å²) in [7, 11) is 0. The normalized spacial score (nSPS) is 24.1. The first kappa shape index (κ1) is 23.0. The number of Topliss-reactive ketones (excluding diaryl/α,β-unsaturated/α-hetero) is 1. The monoisotopic (exact) mass is 468 g/mol. The van der Waals surface area contributed by atoms with Crippen LogP contribution in [-0.4, -0.2) is 38.7 Å². The van der Waals surface area contributed by atoms with E-state index in [1.807, 2.05) is 0 Å². The van der Waals surface area contributed by atoms with E-state index in [0.717, 1.165) is 43.5 Å². The van der Waals surface area contributed by atoms with Gasteiger partial charge in [-0.15, -0.1) is 0 Å². The molecule has 1 heterocycles. The van der Waals surface area contributed by atoms with Crippen LogP contribution >= 0.6 is 0 Å². The number of aliphatic hydroxyl groups excluding tert-OH is 1. The Morgan fingerprint density at radius 3 is 2.56 bits per heavy atom. The molecule has 0 unspecified atom stereocenters. The summed E-state index contributed by atoms with van der Waals surface area (Å²) in [4.78, 5) is 25.2. The predicted molar refractivity (Wildman–Crippen MR) is 127 cm³/mol. The number of nitrogens with one attached hydrogen (secondary N) is 1. The Hall–Kier alpha value is -2.74. The summed E-state index contributed by atoms with van der Waals surface area (Å²) >= 11 is 0. The molecule has 1 aromatic carbocycles. The molecule has 7 nitrogen and oxygen atoms in total. The maximum Gasteiger partial charge on any atom is 0.253 e. The number of carbonyl (C=O) groups is 2. The van der Waals surface area contributed by atoms with Crippen molar-refractivity contribution in [2.24, 2.45) is 17.1 Å². The van der Waals surface area contributed by atoms with Crippen molar-refractivity contribution in [2.45, 2.75) is 83.8 Å². The Kier molecular flexibility index (Phi) is 5.74. The van der Waals surface area contributed by atoms with E-state index in [4.69, 9.17) is 10.8 Å². The van der Waals surface area contributed by atoms with Gasteiger partial charge < -0.3 is 16.2 Å². The number of ketones is 1. The van der Waals surface area contributed by atoms with Gasteiger partial charge in [-0.3, -0.25) is 9.59 Å². The molecule has 0 spiro atoms.